The number of benzene rings is 1. The summed E-state index contributed by atoms with van der Waals surface area (Å²) >= 11 is 0. The number of hydrogen-bond donors (Lipinski definition) is 4. The summed E-state index contributed by atoms with van der Waals surface area (Å²) in [7, 11) is 0. The molecule has 1 heterocycles. The van der Waals surface area contributed by atoms with Crippen LogP contribution in [0, 0.1) is 0 Å². The standard InChI is InChI=1S/C14H16N2O4/c1-8(17)13(14(19)20)16-12(18)6-9-7-15-11-5-3-2-4-10(9)11/h2-5,7-8,13,15,17H,6H2,1H3,(H,16,18)(H,19,20)/t8-,13-/m1/s1. The summed E-state index contributed by atoms with van der Waals surface area (Å²) in [5.74, 6) is -1.70. The van der Waals surface area contributed by atoms with E-state index in [-0.39, 0.29) is 6.42 Å². The first-order valence-corrected chi connectivity index (χ1v) is 6.24. The molecule has 6 nitrogen and oxygen atoms in total. The Bertz CT molecular complexity index is 633. The SMILES string of the molecule is C[C@@H](O)[C@@H](NC(=O)Cc1c[nH]c2ccccc12)C(=O)O. The largest absolute Gasteiger partial charge is 0.480 e. The van der Waals surface area contributed by atoms with E-state index in [1.165, 1.54) is 6.92 Å². The lowest BCUT2D eigenvalue weighted by atomic mass is 10.1. The number of carbonyl (C=O) groups is 2. The second-order valence-corrected chi connectivity index (χ2v) is 4.66. The van der Waals surface area contributed by atoms with Gasteiger partial charge in [-0.2, -0.15) is 0 Å². The van der Waals surface area contributed by atoms with Gasteiger partial charge in [0.15, 0.2) is 6.04 Å². The minimum absolute atomic E-state index is 0.0561. The monoisotopic (exact) mass is 276 g/mol. The number of para-hydroxylation sites is 1. The first-order chi connectivity index (χ1) is 9.49. The highest BCUT2D eigenvalue weighted by atomic mass is 16.4. The van der Waals surface area contributed by atoms with Gasteiger partial charge in [0.25, 0.3) is 0 Å². The van der Waals surface area contributed by atoms with Gasteiger partial charge in [0.2, 0.25) is 5.91 Å². The normalized spacial score (nSPS) is 13.9. The molecule has 2 atom stereocenters. The fraction of sp³-hybridized carbons (Fsp3) is 0.286. The molecule has 1 aromatic heterocycles. The zero-order valence-electron chi connectivity index (χ0n) is 11.0. The van der Waals surface area contributed by atoms with E-state index in [1.54, 1.807) is 6.20 Å². The minimum Gasteiger partial charge on any atom is -0.480 e. The fourth-order valence-electron chi connectivity index (χ4n) is 2.06. The molecule has 0 saturated carbocycles. The van der Waals surface area contributed by atoms with Gasteiger partial charge in [-0.25, -0.2) is 4.79 Å². The molecule has 6 heteroatoms. The van der Waals surface area contributed by atoms with Crippen LogP contribution >= 0.6 is 0 Å². The summed E-state index contributed by atoms with van der Waals surface area (Å²) in [5, 5.41) is 21.5. The lowest BCUT2D eigenvalue weighted by Gasteiger charge is -2.16. The van der Waals surface area contributed by atoms with Gasteiger partial charge in [-0.05, 0) is 18.6 Å². The van der Waals surface area contributed by atoms with E-state index >= 15 is 0 Å². The van der Waals surface area contributed by atoms with E-state index in [2.05, 4.69) is 10.3 Å². The number of rotatable bonds is 5. The molecule has 1 aromatic carbocycles. The molecule has 1 amide bonds. The van der Waals surface area contributed by atoms with Crippen molar-refractivity contribution in [1.29, 1.82) is 0 Å². The number of H-pyrrole nitrogens is 1. The van der Waals surface area contributed by atoms with Crippen LogP contribution in [0.2, 0.25) is 0 Å². The van der Waals surface area contributed by atoms with Gasteiger partial charge in [-0.1, -0.05) is 18.2 Å². The smallest absolute Gasteiger partial charge is 0.328 e. The molecule has 0 unspecified atom stereocenters. The Hall–Kier alpha value is -2.34. The molecule has 20 heavy (non-hydrogen) atoms. The highest BCUT2D eigenvalue weighted by molar-refractivity contribution is 5.90. The molecule has 0 aliphatic heterocycles. The molecule has 2 aromatic rings. The van der Waals surface area contributed by atoms with Gasteiger partial charge in [-0.15, -0.1) is 0 Å². The average molecular weight is 276 g/mol. The van der Waals surface area contributed by atoms with Gasteiger partial charge in [0.05, 0.1) is 12.5 Å². The number of hydrogen-bond acceptors (Lipinski definition) is 3. The Kier molecular flexibility index (Phi) is 4.05. The molecule has 0 spiro atoms. The number of aliphatic hydroxyl groups is 1. The summed E-state index contributed by atoms with van der Waals surface area (Å²) in [6.45, 7) is 1.32. The van der Waals surface area contributed by atoms with E-state index in [0.717, 1.165) is 16.5 Å². The number of amides is 1. The predicted molar refractivity (Wildman–Crippen MR) is 73.3 cm³/mol. The zero-order valence-corrected chi connectivity index (χ0v) is 11.0. The maximum absolute atomic E-state index is 11.9. The summed E-state index contributed by atoms with van der Waals surface area (Å²) in [4.78, 5) is 25.8. The number of aliphatic hydroxyl groups excluding tert-OH is 1. The summed E-state index contributed by atoms with van der Waals surface area (Å²) in [6.07, 6.45) is 0.627. The van der Waals surface area contributed by atoms with Crippen LogP contribution in [0.25, 0.3) is 10.9 Å². The highest BCUT2D eigenvalue weighted by Crippen LogP contribution is 2.18. The number of carbonyl (C=O) groups excluding carboxylic acids is 1. The van der Waals surface area contributed by atoms with Crippen LogP contribution in [0.5, 0.6) is 0 Å². The molecule has 0 aliphatic rings. The lowest BCUT2D eigenvalue weighted by Crippen LogP contribution is -2.48. The van der Waals surface area contributed by atoms with Crippen molar-refractivity contribution in [2.45, 2.75) is 25.5 Å². The van der Waals surface area contributed by atoms with Crippen molar-refractivity contribution in [3.8, 4) is 0 Å². The number of aromatic nitrogens is 1. The molecular formula is C14H16N2O4. The number of carboxylic acid groups (broad SMARTS) is 1. The first-order valence-electron chi connectivity index (χ1n) is 6.24. The summed E-state index contributed by atoms with van der Waals surface area (Å²) in [6, 6.07) is 6.24. The Morgan fingerprint density at radius 3 is 2.70 bits per heavy atom. The van der Waals surface area contributed by atoms with Gasteiger partial charge in [0.1, 0.15) is 0 Å². The van der Waals surface area contributed by atoms with Crippen molar-refractivity contribution in [3.63, 3.8) is 0 Å². The second-order valence-electron chi connectivity index (χ2n) is 4.66. The Balaban J connectivity index is 2.10. The number of fused-ring (bicyclic) bond motifs is 1. The maximum atomic E-state index is 11.9. The van der Waals surface area contributed by atoms with E-state index in [1.807, 2.05) is 24.3 Å². The van der Waals surface area contributed by atoms with Crippen LogP contribution in [0.3, 0.4) is 0 Å². The number of aliphatic carboxylic acids is 1. The Morgan fingerprint density at radius 1 is 1.35 bits per heavy atom. The Labute approximate surface area is 115 Å². The number of carboxylic acids is 1. The van der Waals surface area contributed by atoms with Crippen LogP contribution in [-0.2, 0) is 16.0 Å². The molecule has 106 valence electrons. The zero-order chi connectivity index (χ0) is 14.7. The third-order valence-corrected chi connectivity index (χ3v) is 3.09. The van der Waals surface area contributed by atoms with Crippen molar-refractivity contribution in [1.82, 2.24) is 10.3 Å². The number of aromatic amines is 1. The van der Waals surface area contributed by atoms with Crippen LogP contribution < -0.4 is 5.32 Å². The second kappa shape index (κ2) is 5.75. The molecular weight excluding hydrogens is 260 g/mol. The van der Waals surface area contributed by atoms with Crippen molar-refractivity contribution in [2.75, 3.05) is 0 Å². The van der Waals surface area contributed by atoms with E-state index in [0.29, 0.717) is 0 Å². The van der Waals surface area contributed by atoms with Crippen LogP contribution in [0.4, 0.5) is 0 Å². The van der Waals surface area contributed by atoms with Gasteiger partial charge in [0, 0.05) is 17.1 Å². The lowest BCUT2D eigenvalue weighted by molar-refractivity contribution is -0.144. The topological polar surface area (TPSA) is 102 Å². The van der Waals surface area contributed by atoms with Crippen LogP contribution in [0.15, 0.2) is 30.5 Å². The molecule has 0 saturated heterocycles. The summed E-state index contributed by atoms with van der Waals surface area (Å²) in [5.41, 5.74) is 1.70. The van der Waals surface area contributed by atoms with E-state index in [4.69, 9.17) is 5.11 Å². The Morgan fingerprint density at radius 2 is 2.05 bits per heavy atom. The van der Waals surface area contributed by atoms with Crippen molar-refractivity contribution >= 4 is 22.8 Å². The quantitative estimate of drug-likeness (QED) is 0.644. The molecule has 0 fully saturated rings. The fourth-order valence-corrected chi connectivity index (χ4v) is 2.06. The van der Waals surface area contributed by atoms with Crippen molar-refractivity contribution in [2.24, 2.45) is 0 Å². The van der Waals surface area contributed by atoms with Crippen LogP contribution in [0.1, 0.15) is 12.5 Å². The molecule has 0 radical (unpaired) electrons. The molecule has 4 N–H and O–H groups in total. The van der Waals surface area contributed by atoms with E-state index < -0.39 is 24.0 Å². The third kappa shape index (κ3) is 2.97. The maximum Gasteiger partial charge on any atom is 0.328 e. The molecule has 2 rings (SSSR count). The predicted octanol–water partition coefficient (Wildman–Crippen LogP) is 0.661. The average Bonchev–Trinajstić information content (AvgIpc) is 2.79. The van der Waals surface area contributed by atoms with E-state index in [9.17, 15) is 14.7 Å². The van der Waals surface area contributed by atoms with Crippen LogP contribution in [-0.4, -0.2) is 39.2 Å². The summed E-state index contributed by atoms with van der Waals surface area (Å²) < 4.78 is 0. The van der Waals surface area contributed by atoms with Gasteiger partial charge < -0.3 is 20.5 Å². The van der Waals surface area contributed by atoms with Gasteiger partial charge >= 0.3 is 5.97 Å². The van der Waals surface area contributed by atoms with Crippen molar-refractivity contribution < 1.29 is 19.8 Å². The third-order valence-electron chi connectivity index (χ3n) is 3.09. The van der Waals surface area contributed by atoms with Crippen molar-refractivity contribution in [3.05, 3.63) is 36.0 Å². The molecule has 0 aliphatic carbocycles. The minimum atomic E-state index is -1.30. The number of nitrogens with one attached hydrogen (secondary N) is 2. The van der Waals surface area contributed by atoms with Gasteiger partial charge in [-0.3, -0.25) is 4.79 Å². The highest BCUT2D eigenvalue weighted by Gasteiger charge is 2.25. The molecule has 0 bridgehead atoms. The first kappa shape index (κ1) is 14.1.